The zero-order valence-corrected chi connectivity index (χ0v) is 13.2. The maximum Gasteiger partial charge on any atom is 0.260 e. The van der Waals surface area contributed by atoms with Gasteiger partial charge in [-0.1, -0.05) is 6.92 Å². The summed E-state index contributed by atoms with van der Waals surface area (Å²) in [7, 11) is -2.00. The molecule has 1 aliphatic heterocycles. The van der Waals surface area contributed by atoms with E-state index in [1.54, 1.807) is 7.05 Å². The molecule has 0 amide bonds. The molecular formula is C12H18N6O3S. The first-order valence-corrected chi connectivity index (χ1v) is 8.47. The lowest BCUT2D eigenvalue weighted by atomic mass is 10.3. The molecule has 1 unspecified atom stereocenters. The molecule has 10 heteroatoms. The number of ether oxygens (including phenoxy) is 1. The summed E-state index contributed by atoms with van der Waals surface area (Å²) in [5.74, 6) is 1.24. The van der Waals surface area contributed by atoms with Gasteiger partial charge in [0, 0.05) is 26.6 Å². The predicted molar refractivity (Wildman–Crippen MR) is 76.4 cm³/mol. The second-order valence-electron chi connectivity index (χ2n) is 5.01. The van der Waals surface area contributed by atoms with E-state index in [1.807, 2.05) is 6.92 Å². The Balaban J connectivity index is 1.82. The average Bonchev–Trinajstić information content (AvgIpc) is 3.16. The highest BCUT2D eigenvalue weighted by Gasteiger charge is 2.34. The van der Waals surface area contributed by atoms with Gasteiger partial charge in [-0.05, 0) is 6.07 Å². The van der Waals surface area contributed by atoms with Crippen LogP contribution < -0.4 is 0 Å². The third kappa shape index (κ3) is 2.64. The molecule has 22 heavy (non-hydrogen) atoms. The van der Waals surface area contributed by atoms with Crippen molar-refractivity contribution in [3.63, 3.8) is 0 Å². The fraction of sp³-hybridized carbons (Fsp3) is 0.583. The van der Waals surface area contributed by atoms with Crippen molar-refractivity contribution >= 4 is 10.0 Å². The highest BCUT2D eigenvalue weighted by molar-refractivity contribution is 7.89. The lowest BCUT2D eigenvalue weighted by Gasteiger charge is -2.30. The molecule has 9 nitrogen and oxygen atoms in total. The van der Waals surface area contributed by atoms with Gasteiger partial charge in [-0.15, -0.1) is 0 Å². The molecule has 2 aromatic heterocycles. The second-order valence-corrected chi connectivity index (χ2v) is 6.89. The highest BCUT2D eigenvalue weighted by Crippen LogP contribution is 2.24. The van der Waals surface area contributed by atoms with Gasteiger partial charge in [0.15, 0.2) is 10.9 Å². The van der Waals surface area contributed by atoms with Crippen LogP contribution in [0.5, 0.6) is 0 Å². The summed E-state index contributed by atoms with van der Waals surface area (Å²) < 4.78 is 33.7. The third-order valence-corrected chi connectivity index (χ3v) is 5.52. The van der Waals surface area contributed by atoms with Crippen LogP contribution in [0.4, 0.5) is 0 Å². The first kappa shape index (κ1) is 15.1. The largest absolute Gasteiger partial charge is 0.367 e. The molecule has 0 spiro atoms. The minimum absolute atomic E-state index is 0.164. The van der Waals surface area contributed by atoms with Crippen molar-refractivity contribution in [2.75, 3.05) is 19.7 Å². The Labute approximate surface area is 128 Å². The first-order chi connectivity index (χ1) is 10.5. The van der Waals surface area contributed by atoms with Crippen molar-refractivity contribution in [2.45, 2.75) is 24.5 Å². The highest BCUT2D eigenvalue weighted by atomic mass is 32.2. The van der Waals surface area contributed by atoms with Crippen LogP contribution in [-0.2, 0) is 28.2 Å². The Morgan fingerprint density at radius 3 is 2.95 bits per heavy atom. The van der Waals surface area contributed by atoms with Crippen LogP contribution in [0.3, 0.4) is 0 Å². The number of hydrogen-bond acceptors (Lipinski definition) is 6. The molecule has 1 fully saturated rings. The monoisotopic (exact) mass is 326 g/mol. The maximum atomic E-state index is 12.7. The van der Waals surface area contributed by atoms with Crippen LogP contribution >= 0.6 is 0 Å². The van der Waals surface area contributed by atoms with Crippen LogP contribution in [-0.4, -0.2) is 57.4 Å². The Hall–Kier alpha value is -1.78. The Bertz CT molecular complexity index is 753. The summed E-state index contributed by atoms with van der Waals surface area (Å²) in [6, 6.07) is 1.49. The molecule has 2 aromatic rings. The molecule has 120 valence electrons. The van der Waals surface area contributed by atoms with Crippen LogP contribution in [0.25, 0.3) is 0 Å². The number of aryl methyl sites for hydroxylation is 2. The van der Waals surface area contributed by atoms with Gasteiger partial charge in [-0.3, -0.25) is 9.78 Å². The molecule has 3 heterocycles. The second kappa shape index (κ2) is 5.78. The molecule has 0 bridgehead atoms. The first-order valence-electron chi connectivity index (χ1n) is 7.03. The fourth-order valence-electron chi connectivity index (χ4n) is 2.36. The van der Waals surface area contributed by atoms with E-state index in [2.05, 4.69) is 20.3 Å². The van der Waals surface area contributed by atoms with Crippen molar-refractivity contribution in [1.29, 1.82) is 0 Å². The molecular weight excluding hydrogens is 308 g/mol. The number of nitrogens with zero attached hydrogens (tertiary/aromatic N) is 5. The number of aromatic nitrogens is 5. The number of sulfonamides is 1. The zero-order valence-electron chi connectivity index (χ0n) is 12.4. The molecule has 0 aromatic carbocycles. The van der Waals surface area contributed by atoms with Gasteiger partial charge < -0.3 is 4.74 Å². The number of aromatic amines is 1. The van der Waals surface area contributed by atoms with Gasteiger partial charge in [0.1, 0.15) is 11.9 Å². The average molecular weight is 326 g/mol. The molecule has 0 aliphatic carbocycles. The van der Waals surface area contributed by atoms with Crippen LogP contribution in [0.1, 0.15) is 24.7 Å². The topological polar surface area (TPSA) is 106 Å². The smallest absolute Gasteiger partial charge is 0.260 e. The molecule has 1 saturated heterocycles. The summed E-state index contributed by atoms with van der Waals surface area (Å²) in [5, 5.41) is 11.0. The molecule has 3 rings (SSSR count). The normalized spacial score (nSPS) is 20.4. The Morgan fingerprint density at radius 1 is 1.50 bits per heavy atom. The number of hydrogen-bond donors (Lipinski definition) is 1. The molecule has 0 radical (unpaired) electrons. The zero-order chi connectivity index (χ0) is 15.7. The SMILES string of the molecule is CCc1nc(C2CN(S(=O)(=O)c3ccnn3C)CCO2)n[nH]1. The number of morpholine rings is 1. The summed E-state index contributed by atoms with van der Waals surface area (Å²) in [4.78, 5) is 4.32. The van der Waals surface area contributed by atoms with E-state index in [9.17, 15) is 8.42 Å². The standard InChI is InChI=1S/C12H18N6O3S/c1-3-10-14-12(16-15-10)9-8-18(6-7-21-9)22(19,20)11-4-5-13-17(11)2/h4-5,9H,3,6-8H2,1-2H3,(H,14,15,16). The summed E-state index contributed by atoms with van der Waals surface area (Å²) in [6.45, 7) is 2.76. The number of nitrogens with one attached hydrogen (secondary N) is 1. The van der Waals surface area contributed by atoms with Gasteiger partial charge in [-0.25, -0.2) is 13.4 Å². The summed E-state index contributed by atoms with van der Waals surface area (Å²) in [5.41, 5.74) is 0. The van der Waals surface area contributed by atoms with E-state index >= 15 is 0 Å². The van der Waals surface area contributed by atoms with E-state index < -0.39 is 16.1 Å². The molecule has 1 N–H and O–H groups in total. The van der Waals surface area contributed by atoms with Gasteiger partial charge in [-0.2, -0.15) is 14.5 Å². The minimum Gasteiger partial charge on any atom is -0.367 e. The molecule has 1 atom stereocenters. The summed E-state index contributed by atoms with van der Waals surface area (Å²) >= 11 is 0. The van der Waals surface area contributed by atoms with E-state index in [0.717, 1.165) is 12.2 Å². The third-order valence-electron chi connectivity index (χ3n) is 3.58. The van der Waals surface area contributed by atoms with Gasteiger partial charge >= 0.3 is 0 Å². The van der Waals surface area contributed by atoms with Crippen LogP contribution in [0.2, 0.25) is 0 Å². The Morgan fingerprint density at radius 2 is 2.32 bits per heavy atom. The van der Waals surface area contributed by atoms with Crippen molar-refractivity contribution in [2.24, 2.45) is 7.05 Å². The summed E-state index contributed by atoms with van der Waals surface area (Å²) in [6.07, 6.45) is 1.73. The quantitative estimate of drug-likeness (QED) is 0.838. The Kier molecular flexibility index (Phi) is 3.98. The van der Waals surface area contributed by atoms with Crippen LogP contribution in [0, 0.1) is 0 Å². The van der Waals surface area contributed by atoms with Crippen molar-refractivity contribution in [3.05, 3.63) is 23.9 Å². The van der Waals surface area contributed by atoms with E-state index in [4.69, 9.17) is 4.74 Å². The van der Waals surface area contributed by atoms with Crippen molar-refractivity contribution < 1.29 is 13.2 Å². The van der Waals surface area contributed by atoms with E-state index in [-0.39, 0.29) is 11.6 Å². The van der Waals surface area contributed by atoms with Crippen molar-refractivity contribution in [3.8, 4) is 0 Å². The lowest BCUT2D eigenvalue weighted by Crippen LogP contribution is -2.43. The maximum absolute atomic E-state index is 12.7. The number of H-pyrrole nitrogens is 1. The van der Waals surface area contributed by atoms with Gasteiger partial charge in [0.25, 0.3) is 10.0 Å². The molecule has 0 saturated carbocycles. The van der Waals surface area contributed by atoms with E-state index in [0.29, 0.717) is 19.0 Å². The fourth-order valence-corrected chi connectivity index (χ4v) is 3.88. The predicted octanol–water partition coefficient (Wildman–Crippen LogP) is -0.137. The molecule has 1 aliphatic rings. The lowest BCUT2D eigenvalue weighted by molar-refractivity contribution is -0.00748. The van der Waals surface area contributed by atoms with E-state index in [1.165, 1.54) is 21.3 Å². The minimum atomic E-state index is -3.60. The van der Waals surface area contributed by atoms with Gasteiger partial charge in [0.05, 0.1) is 12.8 Å². The number of rotatable bonds is 4. The van der Waals surface area contributed by atoms with Crippen molar-refractivity contribution in [1.82, 2.24) is 29.3 Å². The van der Waals surface area contributed by atoms with Gasteiger partial charge in [0.2, 0.25) is 0 Å². The van der Waals surface area contributed by atoms with Crippen LogP contribution in [0.15, 0.2) is 17.3 Å².